The van der Waals surface area contributed by atoms with Gasteiger partial charge in [0.25, 0.3) is 0 Å². The van der Waals surface area contributed by atoms with Crippen LogP contribution in [-0.2, 0) is 20.0 Å². The smallest absolute Gasteiger partial charge is 0.128 e. The highest BCUT2D eigenvalue weighted by Crippen LogP contribution is 2.20. The number of imidazole rings is 1. The average molecular weight is 233 g/mol. The molecule has 92 valence electrons. The zero-order valence-electron chi connectivity index (χ0n) is 10.9. The van der Waals surface area contributed by atoms with Gasteiger partial charge in [-0.25, -0.2) is 4.98 Å². The second-order valence-corrected chi connectivity index (χ2v) is 4.11. The molecule has 2 rings (SSSR count). The average Bonchev–Trinajstić information content (AvgIpc) is 2.85. The zero-order valence-corrected chi connectivity index (χ0v) is 10.9. The van der Waals surface area contributed by atoms with E-state index in [1.807, 2.05) is 38.1 Å². The number of rotatable bonds is 4. The predicted octanol–water partition coefficient (Wildman–Crippen LogP) is 1.58. The summed E-state index contributed by atoms with van der Waals surface area (Å²) in [6.07, 6.45) is 4.81. The van der Waals surface area contributed by atoms with Gasteiger partial charge in [0, 0.05) is 38.5 Å². The number of aromatic nitrogens is 4. The van der Waals surface area contributed by atoms with Crippen molar-refractivity contribution in [3.05, 3.63) is 29.5 Å². The Hall–Kier alpha value is -1.78. The van der Waals surface area contributed by atoms with Crippen LogP contribution >= 0.6 is 0 Å². The van der Waals surface area contributed by atoms with Crippen LogP contribution in [0.1, 0.15) is 24.0 Å². The first-order chi connectivity index (χ1) is 8.17. The van der Waals surface area contributed by atoms with Crippen molar-refractivity contribution in [1.29, 1.82) is 0 Å². The molecule has 5 nitrogen and oxygen atoms in total. The van der Waals surface area contributed by atoms with E-state index in [-0.39, 0.29) is 0 Å². The molecule has 0 spiro atoms. The van der Waals surface area contributed by atoms with Crippen molar-refractivity contribution >= 4 is 5.82 Å². The lowest BCUT2D eigenvalue weighted by atomic mass is 10.2. The molecule has 2 aromatic rings. The Labute approximate surface area is 101 Å². The summed E-state index contributed by atoms with van der Waals surface area (Å²) in [5, 5.41) is 7.64. The van der Waals surface area contributed by atoms with Gasteiger partial charge < -0.3 is 9.88 Å². The highest BCUT2D eigenvalue weighted by molar-refractivity contribution is 5.47. The first-order valence-electron chi connectivity index (χ1n) is 5.87. The summed E-state index contributed by atoms with van der Waals surface area (Å²) in [6, 6.07) is 0. The number of hydrogen-bond donors (Lipinski definition) is 1. The van der Waals surface area contributed by atoms with Gasteiger partial charge in [0.1, 0.15) is 11.6 Å². The number of hydrogen-bond acceptors (Lipinski definition) is 3. The van der Waals surface area contributed by atoms with E-state index in [2.05, 4.69) is 26.9 Å². The third-order valence-corrected chi connectivity index (χ3v) is 3.03. The first kappa shape index (κ1) is 11.7. The Balaban J connectivity index is 2.36. The summed E-state index contributed by atoms with van der Waals surface area (Å²) in [5.74, 6) is 2.17. The molecule has 0 unspecified atom stereocenters. The fourth-order valence-corrected chi connectivity index (χ4v) is 2.17. The molecule has 0 atom stereocenters. The van der Waals surface area contributed by atoms with Crippen LogP contribution < -0.4 is 5.32 Å². The molecule has 0 aromatic carbocycles. The van der Waals surface area contributed by atoms with E-state index in [9.17, 15) is 0 Å². The van der Waals surface area contributed by atoms with Crippen molar-refractivity contribution in [2.45, 2.75) is 26.8 Å². The van der Waals surface area contributed by atoms with Crippen LogP contribution in [0.15, 0.2) is 12.4 Å². The molecule has 0 radical (unpaired) electrons. The maximum atomic E-state index is 4.44. The molecule has 0 aliphatic heterocycles. The third-order valence-electron chi connectivity index (χ3n) is 3.03. The van der Waals surface area contributed by atoms with Crippen molar-refractivity contribution in [1.82, 2.24) is 19.3 Å². The molecule has 0 bridgehead atoms. The van der Waals surface area contributed by atoms with Gasteiger partial charge in [-0.05, 0) is 6.92 Å². The fraction of sp³-hybridized carbons (Fsp3) is 0.500. The zero-order chi connectivity index (χ0) is 12.4. The van der Waals surface area contributed by atoms with Gasteiger partial charge >= 0.3 is 0 Å². The Morgan fingerprint density at radius 1 is 1.41 bits per heavy atom. The first-order valence-corrected chi connectivity index (χ1v) is 5.87. The molecule has 0 saturated carbocycles. The second-order valence-electron chi connectivity index (χ2n) is 4.11. The summed E-state index contributed by atoms with van der Waals surface area (Å²) in [7, 11) is 3.88. The van der Waals surface area contributed by atoms with Crippen LogP contribution in [0.3, 0.4) is 0 Å². The van der Waals surface area contributed by atoms with E-state index in [1.54, 1.807) is 0 Å². The predicted molar refractivity (Wildman–Crippen MR) is 68.2 cm³/mol. The lowest BCUT2D eigenvalue weighted by Crippen LogP contribution is -2.07. The van der Waals surface area contributed by atoms with Gasteiger partial charge in [-0.1, -0.05) is 6.92 Å². The highest BCUT2D eigenvalue weighted by Gasteiger charge is 2.13. The summed E-state index contributed by atoms with van der Waals surface area (Å²) in [6.45, 7) is 4.98. The number of nitrogens with zero attached hydrogens (tertiary/aromatic N) is 4. The summed E-state index contributed by atoms with van der Waals surface area (Å²) >= 11 is 0. The van der Waals surface area contributed by atoms with Crippen molar-refractivity contribution < 1.29 is 0 Å². The lowest BCUT2D eigenvalue weighted by Gasteiger charge is -2.08. The molecule has 0 fully saturated rings. The van der Waals surface area contributed by atoms with Crippen LogP contribution in [0.4, 0.5) is 5.82 Å². The molecule has 2 heterocycles. The third kappa shape index (κ3) is 2.05. The molecule has 17 heavy (non-hydrogen) atoms. The second kappa shape index (κ2) is 4.61. The summed E-state index contributed by atoms with van der Waals surface area (Å²) in [5.41, 5.74) is 2.29. The van der Waals surface area contributed by atoms with E-state index in [0.29, 0.717) is 0 Å². The van der Waals surface area contributed by atoms with Crippen molar-refractivity contribution in [3.63, 3.8) is 0 Å². The van der Waals surface area contributed by atoms with Gasteiger partial charge in [-0.15, -0.1) is 0 Å². The standard InChI is InChI=1S/C12H19N5/c1-5-11-14-6-7-17(11)8-10-9(2)15-16(4)12(10)13-3/h6-7,13H,5,8H2,1-4H3. The van der Waals surface area contributed by atoms with E-state index in [0.717, 1.165) is 30.3 Å². The van der Waals surface area contributed by atoms with Gasteiger partial charge in [0.15, 0.2) is 0 Å². The lowest BCUT2D eigenvalue weighted by molar-refractivity contribution is 0.729. The minimum absolute atomic E-state index is 0.818. The topological polar surface area (TPSA) is 47.7 Å². The van der Waals surface area contributed by atoms with Gasteiger partial charge in [-0.2, -0.15) is 5.10 Å². The molecule has 0 amide bonds. The monoisotopic (exact) mass is 233 g/mol. The number of nitrogens with one attached hydrogen (secondary N) is 1. The molecule has 2 aromatic heterocycles. The van der Waals surface area contributed by atoms with Gasteiger partial charge in [-0.3, -0.25) is 4.68 Å². The largest absolute Gasteiger partial charge is 0.373 e. The normalized spacial score (nSPS) is 10.8. The van der Waals surface area contributed by atoms with Crippen LogP contribution in [0.5, 0.6) is 0 Å². The number of aryl methyl sites for hydroxylation is 3. The molecular formula is C12H19N5. The van der Waals surface area contributed by atoms with Crippen molar-refractivity contribution in [2.75, 3.05) is 12.4 Å². The van der Waals surface area contributed by atoms with Crippen LogP contribution in [-0.4, -0.2) is 26.4 Å². The molecule has 0 saturated heterocycles. The van der Waals surface area contributed by atoms with Crippen LogP contribution in [0.25, 0.3) is 0 Å². The SMILES string of the molecule is CCc1nccn1Cc1c(C)nn(C)c1NC. The molecule has 0 aliphatic carbocycles. The molecule has 5 heteroatoms. The van der Waals surface area contributed by atoms with E-state index >= 15 is 0 Å². The minimum atomic E-state index is 0.818. The number of anilines is 1. The molecular weight excluding hydrogens is 214 g/mol. The van der Waals surface area contributed by atoms with E-state index in [4.69, 9.17) is 0 Å². The van der Waals surface area contributed by atoms with E-state index < -0.39 is 0 Å². The fourth-order valence-electron chi connectivity index (χ4n) is 2.17. The highest BCUT2D eigenvalue weighted by atomic mass is 15.3. The quantitative estimate of drug-likeness (QED) is 0.872. The van der Waals surface area contributed by atoms with Crippen molar-refractivity contribution in [3.8, 4) is 0 Å². The molecule has 1 N–H and O–H groups in total. The van der Waals surface area contributed by atoms with Gasteiger partial charge in [0.2, 0.25) is 0 Å². The van der Waals surface area contributed by atoms with Gasteiger partial charge in [0.05, 0.1) is 12.2 Å². The summed E-state index contributed by atoms with van der Waals surface area (Å²) in [4.78, 5) is 4.34. The Morgan fingerprint density at radius 3 is 2.82 bits per heavy atom. The maximum absolute atomic E-state index is 4.44. The van der Waals surface area contributed by atoms with Crippen LogP contribution in [0.2, 0.25) is 0 Å². The molecule has 0 aliphatic rings. The van der Waals surface area contributed by atoms with E-state index in [1.165, 1.54) is 5.56 Å². The maximum Gasteiger partial charge on any atom is 0.128 e. The Bertz CT molecular complexity index is 509. The minimum Gasteiger partial charge on any atom is -0.373 e. The Morgan fingerprint density at radius 2 is 2.18 bits per heavy atom. The van der Waals surface area contributed by atoms with Crippen molar-refractivity contribution in [2.24, 2.45) is 7.05 Å². The Kier molecular flexibility index (Phi) is 3.17. The van der Waals surface area contributed by atoms with Crippen LogP contribution in [0, 0.1) is 6.92 Å². The summed E-state index contributed by atoms with van der Waals surface area (Å²) < 4.78 is 4.05.